The third-order valence-electron chi connectivity index (χ3n) is 0. The van der Waals surface area contributed by atoms with Gasteiger partial charge in [-0.25, -0.2) is 0 Å². The number of quaternary nitrogens is 1. The Morgan fingerprint density at radius 1 is 1.17 bits per heavy atom. The number of hydrogen-bond acceptors (Lipinski definition) is 0. The summed E-state index contributed by atoms with van der Waals surface area (Å²) in [5.41, 5.74) is 4.02. The summed E-state index contributed by atoms with van der Waals surface area (Å²) < 4.78 is 0. The lowest BCUT2D eigenvalue weighted by atomic mass is 10.1. The van der Waals surface area contributed by atoms with E-state index in [9.17, 15) is 0 Å². The fourth-order valence-electron chi connectivity index (χ4n) is 0. The molecule has 0 aliphatic rings. The first-order chi connectivity index (χ1) is 2.00. The molecule has 0 aromatic rings. The maximum Gasteiger partial charge on any atom is 0.0860 e. The molecule has 40 valence electrons. The van der Waals surface area contributed by atoms with Crippen LogP contribution in [-0.4, -0.2) is 5.54 Å². The zero-order chi connectivity index (χ0) is 4.50. The van der Waals surface area contributed by atoms with Crippen LogP contribution in [0.2, 0.25) is 0 Å². The Morgan fingerprint density at radius 2 is 1.17 bits per heavy atom. The molecule has 0 aromatic heterocycles. The van der Waals surface area contributed by atoms with E-state index in [0.29, 0.717) is 0 Å². The van der Waals surface area contributed by atoms with E-state index in [4.69, 9.17) is 0 Å². The van der Waals surface area contributed by atoms with Gasteiger partial charge < -0.3 is 10.4 Å². The molecule has 0 saturated carbocycles. The predicted octanol–water partition coefficient (Wildman–Crippen LogP) is -2.97. The second-order valence-electron chi connectivity index (χ2n) is 2.56. The first kappa shape index (κ1) is 9.31. The van der Waals surface area contributed by atoms with E-state index in [2.05, 4.69) is 26.5 Å². The fourth-order valence-corrected chi connectivity index (χ4v) is 0. The Bertz CT molecular complexity index is 23.0. The summed E-state index contributed by atoms with van der Waals surface area (Å²) in [5, 5.41) is 0. The van der Waals surface area contributed by atoms with Gasteiger partial charge in [-0.1, -0.05) is 0 Å². The summed E-state index contributed by atoms with van der Waals surface area (Å²) in [7, 11) is 0. The summed E-state index contributed by atoms with van der Waals surface area (Å²) in [5.74, 6) is 0. The van der Waals surface area contributed by atoms with Crippen LogP contribution in [0.15, 0.2) is 0 Å². The van der Waals surface area contributed by atoms with Gasteiger partial charge in [0.15, 0.2) is 0 Å². The highest BCUT2D eigenvalue weighted by atomic mass is 19.0. The van der Waals surface area contributed by atoms with Gasteiger partial charge in [0.05, 0.1) is 5.54 Å². The van der Waals surface area contributed by atoms with Crippen LogP contribution in [-0.2, 0) is 0 Å². The van der Waals surface area contributed by atoms with Crippen molar-refractivity contribution in [1.82, 2.24) is 0 Å². The minimum absolute atomic E-state index is 0. The molecule has 3 N–H and O–H groups in total. The predicted molar refractivity (Wildman–Crippen MR) is 22.6 cm³/mol. The summed E-state index contributed by atoms with van der Waals surface area (Å²) in [6, 6.07) is 0. The van der Waals surface area contributed by atoms with E-state index >= 15 is 0 Å². The van der Waals surface area contributed by atoms with Crippen molar-refractivity contribution in [2.45, 2.75) is 26.3 Å². The van der Waals surface area contributed by atoms with E-state index < -0.39 is 0 Å². The third kappa shape index (κ3) is 2690. The summed E-state index contributed by atoms with van der Waals surface area (Å²) in [6.45, 7) is 6.23. The van der Waals surface area contributed by atoms with Crippen LogP contribution in [0.5, 0.6) is 0 Å². The average Bonchev–Trinajstić information content (AvgIpc) is 0.722. The Labute approximate surface area is 37.9 Å². The highest BCUT2D eigenvalue weighted by molar-refractivity contribution is 4.48. The van der Waals surface area contributed by atoms with Crippen molar-refractivity contribution in [2.24, 2.45) is 0 Å². The minimum atomic E-state index is 0. The molecule has 1 nitrogen and oxygen atoms in total. The molecule has 0 unspecified atom stereocenters. The largest absolute Gasteiger partial charge is 1.00 e. The smallest absolute Gasteiger partial charge is 0.0860 e. The monoisotopic (exact) mass is 93.1 g/mol. The fraction of sp³-hybridized carbons (Fsp3) is 1.00. The zero-order valence-corrected chi connectivity index (χ0v) is 4.59. The number of hydrogen-bond donors (Lipinski definition) is 1. The molecule has 0 rings (SSSR count). The SMILES string of the molecule is CC(C)(C)[NH3+].[F-]. The molecule has 0 radical (unpaired) electrons. The lowest BCUT2D eigenvalue weighted by Crippen LogP contribution is -3.00. The van der Waals surface area contributed by atoms with Crippen LogP contribution in [0, 0.1) is 0 Å². The molecule has 0 amide bonds. The molecule has 0 spiro atoms. The van der Waals surface area contributed by atoms with Crippen LogP contribution in [0.4, 0.5) is 0 Å². The average molecular weight is 93.1 g/mol. The van der Waals surface area contributed by atoms with Crippen molar-refractivity contribution in [3.8, 4) is 0 Å². The van der Waals surface area contributed by atoms with Crippen molar-refractivity contribution in [2.75, 3.05) is 0 Å². The highest BCUT2D eigenvalue weighted by Gasteiger charge is 2.00. The molecule has 0 bridgehead atoms. The van der Waals surface area contributed by atoms with Crippen molar-refractivity contribution < 1.29 is 10.4 Å². The maximum atomic E-state index is 3.77. The first-order valence-corrected chi connectivity index (χ1v) is 1.85. The standard InChI is InChI=1S/C4H11N.FH/c1-4(2,3)5;/h5H2,1-3H3;1H. The molecule has 2 heteroatoms. The molecular formula is C4H12FN. The van der Waals surface area contributed by atoms with Crippen LogP contribution >= 0.6 is 0 Å². The van der Waals surface area contributed by atoms with Crippen LogP contribution in [0.1, 0.15) is 20.8 Å². The van der Waals surface area contributed by atoms with Crippen LogP contribution in [0.25, 0.3) is 0 Å². The van der Waals surface area contributed by atoms with Gasteiger partial charge in [-0.3, -0.25) is 0 Å². The highest BCUT2D eigenvalue weighted by Crippen LogP contribution is 1.84. The van der Waals surface area contributed by atoms with E-state index in [1.54, 1.807) is 0 Å². The first-order valence-electron chi connectivity index (χ1n) is 1.85. The van der Waals surface area contributed by atoms with E-state index in [0.717, 1.165) is 0 Å². The molecule has 0 aliphatic carbocycles. The molecule has 6 heavy (non-hydrogen) atoms. The molecular weight excluding hydrogens is 81.0 g/mol. The van der Waals surface area contributed by atoms with Gasteiger partial charge in [0.25, 0.3) is 0 Å². The Balaban J connectivity index is 0. The van der Waals surface area contributed by atoms with Crippen molar-refractivity contribution in [1.29, 1.82) is 0 Å². The van der Waals surface area contributed by atoms with Gasteiger partial charge in [0, 0.05) is 0 Å². The van der Waals surface area contributed by atoms with Crippen LogP contribution < -0.4 is 10.4 Å². The van der Waals surface area contributed by atoms with Gasteiger partial charge in [0.1, 0.15) is 0 Å². The summed E-state index contributed by atoms with van der Waals surface area (Å²) in [6.07, 6.45) is 0. The quantitative estimate of drug-likeness (QED) is 0.331. The molecule has 0 saturated heterocycles. The normalized spacial score (nSPS) is 10.0. The van der Waals surface area contributed by atoms with Crippen molar-refractivity contribution in [3.05, 3.63) is 0 Å². The van der Waals surface area contributed by atoms with Gasteiger partial charge in [0.2, 0.25) is 0 Å². The number of rotatable bonds is 0. The maximum absolute atomic E-state index is 3.77. The Morgan fingerprint density at radius 3 is 1.17 bits per heavy atom. The summed E-state index contributed by atoms with van der Waals surface area (Å²) >= 11 is 0. The van der Waals surface area contributed by atoms with Gasteiger partial charge >= 0.3 is 0 Å². The Hall–Kier alpha value is -0.110. The van der Waals surface area contributed by atoms with Crippen molar-refractivity contribution >= 4 is 0 Å². The lowest BCUT2D eigenvalue weighted by molar-refractivity contribution is -0.458. The second-order valence-corrected chi connectivity index (χ2v) is 2.56. The number of halogens is 1. The molecule has 0 aromatic carbocycles. The Kier molecular flexibility index (Phi) is 3.31. The van der Waals surface area contributed by atoms with E-state index in [1.807, 2.05) is 0 Å². The van der Waals surface area contributed by atoms with E-state index in [1.165, 1.54) is 0 Å². The van der Waals surface area contributed by atoms with Crippen molar-refractivity contribution in [3.63, 3.8) is 0 Å². The third-order valence-corrected chi connectivity index (χ3v) is 0. The minimum Gasteiger partial charge on any atom is -1.00 e. The zero-order valence-electron chi connectivity index (χ0n) is 4.59. The van der Waals surface area contributed by atoms with E-state index in [-0.39, 0.29) is 10.2 Å². The molecule has 0 atom stereocenters. The van der Waals surface area contributed by atoms with Gasteiger partial charge in [-0.05, 0) is 20.8 Å². The summed E-state index contributed by atoms with van der Waals surface area (Å²) in [4.78, 5) is 0. The molecule has 0 aliphatic heterocycles. The molecule has 0 fully saturated rings. The molecule has 0 heterocycles. The second kappa shape index (κ2) is 2.13. The lowest BCUT2D eigenvalue weighted by Gasteiger charge is -2.01. The van der Waals surface area contributed by atoms with Gasteiger partial charge in [-0.2, -0.15) is 0 Å². The topological polar surface area (TPSA) is 27.6 Å². The van der Waals surface area contributed by atoms with Gasteiger partial charge in [-0.15, -0.1) is 0 Å². The van der Waals surface area contributed by atoms with Crippen LogP contribution in [0.3, 0.4) is 0 Å².